The van der Waals surface area contributed by atoms with E-state index in [4.69, 9.17) is 0 Å². The van der Waals surface area contributed by atoms with Crippen LogP contribution >= 0.6 is 0 Å². The van der Waals surface area contributed by atoms with E-state index in [0.717, 1.165) is 17.9 Å². The van der Waals surface area contributed by atoms with E-state index >= 15 is 0 Å². The predicted molar refractivity (Wildman–Crippen MR) is 58.3 cm³/mol. The predicted octanol–water partition coefficient (Wildman–Crippen LogP) is 1.47. The molecule has 14 heavy (non-hydrogen) atoms. The maximum Gasteiger partial charge on any atom is 0.0309 e. The molecule has 2 aliphatic carbocycles. The topological polar surface area (TPSA) is 15.3 Å². The summed E-state index contributed by atoms with van der Waals surface area (Å²) in [6, 6.07) is 0.835. The van der Waals surface area contributed by atoms with Crippen molar-refractivity contribution >= 4 is 0 Å². The highest BCUT2D eigenvalue weighted by Crippen LogP contribution is 2.43. The van der Waals surface area contributed by atoms with Crippen LogP contribution in [0.5, 0.6) is 0 Å². The van der Waals surface area contributed by atoms with Crippen LogP contribution in [0.3, 0.4) is 0 Å². The largest absolute Gasteiger partial charge is 0.308 e. The zero-order chi connectivity index (χ0) is 9.76. The molecule has 2 heteroatoms. The molecule has 2 unspecified atom stereocenters. The summed E-state index contributed by atoms with van der Waals surface area (Å²) in [5, 5.41) is 3.82. The first-order valence-electron chi connectivity index (χ1n) is 6.14. The number of rotatable bonds is 2. The Morgan fingerprint density at radius 2 is 1.93 bits per heavy atom. The smallest absolute Gasteiger partial charge is 0.0309 e. The molecule has 0 spiro atoms. The van der Waals surface area contributed by atoms with Crippen molar-refractivity contribution in [3.8, 4) is 0 Å². The van der Waals surface area contributed by atoms with Crippen molar-refractivity contribution in [1.82, 2.24) is 10.2 Å². The lowest BCUT2D eigenvalue weighted by atomic mass is 9.90. The Kier molecular flexibility index (Phi) is 1.94. The van der Waals surface area contributed by atoms with Crippen LogP contribution in [0.2, 0.25) is 0 Å². The van der Waals surface area contributed by atoms with Crippen molar-refractivity contribution in [3.05, 3.63) is 0 Å². The highest BCUT2D eigenvalue weighted by Gasteiger charge is 2.47. The molecule has 2 nitrogen and oxygen atoms in total. The second-order valence-corrected chi connectivity index (χ2v) is 5.89. The lowest BCUT2D eigenvalue weighted by Crippen LogP contribution is -2.63. The van der Waals surface area contributed by atoms with Gasteiger partial charge in [0.2, 0.25) is 0 Å². The fourth-order valence-corrected chi connectivity index (χ4v) is 3.19. The minimum absolute atomic E-state index is 0.431. The molecule has 0 radical (unpaired) electrons. The third-order valence-electron chi connectivity index (χ3n) is 4.50. The van der Waals surface area contributed by atoms with Crippen molar-refractivity contribution in [2.24, 2.45) is 11.8 Å². The first-order chi connectivity index (χ1) is 6.69. The molecule has 1 N–H and O–H groups in total. The van der Waals surface area contributed by atoms with Crippen LogP contribution < -0.4 is 5.32 Å². The van der Waals surface area contributed by atoms with Gasteiger partial charge in [-0.1, -0.05) is 0 Å². The molecule has 1 aliphatic heterocycles. The van der Waals surface area contributed by atoms with Crippen molar-refractivity contribution in [2.45, 2.75) is 44.2 Å². The van der Waals surface area contributed by atoms with Gasteiger partial charge in [-0.2, -0.15) is 0 Å². The van der Waals surface area contributed by atoms with E-state index in [9.17, 15) is 0 Å². The molecule has 3 rings (SSSR count). The Morgan fingerprint density at radius 3 is 2.43 bits per heavy atom. The van der Waals surface area contributed by atoms with Gasteiger partial charge in [0.15, 0.2) is 0 Å². The highest BCUT2D eigenvalue weighted by atomic mass is 15.2. The van der Waals surface area contributed by atoms with Crippen molar-refractivity contribution in [3.63, 3.8) is 0 Å². The summed E-state index contributed by atoms with van der Waals surface area (Å²) < 4.78 is 0. The van der Waals surface area contributed by atoms with E-state index in [2.05, 4.69) is 24.2 Å². The Balaban J connectivity index is 1.66. The zero-order valence-corrected chi connectivity index (χ0v) is 9.42. The quantitative estimate of drug-likeness (QED) is 0.716. The first kappa shape index (κ1) is 9.17. The Bertz CT molecular complexity index is 232. The van der Waals surface area contributed by atoms with E-state index in [0.29, 0.717) is 5.54 Å². The van der Waals surface area contributed by atoms with Gasteiger partial charge in [0.1, 0.15) is 0 Å². The third-order valence-corrected chi connectivity index (χ3v) is 4.50. The van der Waals surface area contributed by atoms with Gasteiger partial charge in [0.25, 0.3) is 0 Å². The molecular formula is C12H22N2. The maximum atomic E-state index is 3.82. The Morgan fingerprint density at radius 1 is 1.21 bits per heavy atom. The van der Waals surface area contributed by atoms with E-state index in [1.165, 1.54) is 38.8 Å². The Hall–Kier alpha value is -0.0800. The van der Waals surface area contributed by atoms with E-state index in [1.807, 2.05) is 0 Å². The molecule has 0 aromatic carbocycles. The highest BCUT2D eigenvalue weighted by molar-refractivity contribution is 5.05. The minimum atomic E-state index is 0.431. The van der Waals surface area contributed by atoms with Gasteiger partial charge in [-0.15, -0.1) is 0 Å². The SMILES string of the molecule is CN1CC(C)(C2CC2)NCC1C1CC1. The summed E-state index contributed by atoms with van der Waals surface area (Å²) in [6.07, 6.45) is 5.84. The summed E-state index contributed by atoms with van der Waals surface area (Å²) in [4.78, 5) is 2.62. The summed E-state index contributed by atoms with van der Waals surface area (Å²) in [7, 11) is 2.32. The van der Waals surface area contributed by atoms with E-state index < -0.39 is 0 Å². The molecule has 0 amide bonds. The van der Waals surface area contributed by atoms with Gasteiger partial charge < -0.3 is 10.2 Å². The van der Waals surface area contributed by atoms with Crippen LogP contribution in [-0.4, -0.2) is 36.6 Å². The fraction of sp³-hybridized carbons (Fsp3) is 1.00. The van der Waals surface area contributed by atoms with Crippen LogP contribution in [0.15, 0.2) is 0 Å². The molecule has 1 saturated heterocycles. The monoisotopic (exact) mass is 194 g/mol. The van der Waals surface area contributed by atoms with E-state index in [1.54, 1.807) is 0 Å². The van der Waals surface area contributed by atoms with Crippen LogP contribution in [0.4, 0.5) is 0 Å². The van der Waals surface area contributed by atoms with Gasteiger partial charge in [0.05, 0.1) is 0 Å². The van der Waals surface area contributed by atoms with Crippen molar-refractivity contribution in [1.29, 1.82) is 0 Å². The molecule has 3 aliphatic rings. The van der Waals surface area contributed by atoms with Crippen LogP contribution in [-0.2, 0) is 0 Å². The van der Waals surface area contributed by atoms with Crippen molar-refractivity contribution < 1.29 is 0 Å². The van der Waals surface area contributed by atoms with Crippen molar-refractivity contribution in [2.75, 3.05) is 20.1 Å². The molecule has 2 atom stereocenters. The lowest BCUT2D eigenvalue weighted by molar-refractivity contribution is 0.0875. The molecule has 80 valence electrons. The fourth-order valence-electron chi connectivity index (χ4n) is 3.19. The molecule has 0 aromatic rings. The first-order valence-corrected chi connectivity index (χ1v) is 6.14. The summed E-state index contributed by atoms with van der Waals surface area (Å²) in [5.74, 6) is 1.97. The zero-order valence-electron chi connectivity index (χ0n) is 9.42. The summed E-state index contributed by atoms with van der Waals surface area (Å²) in [6.45, 7) is 4.91. The molecule has 3 fully saturated rings. The minimum Gasteiger partial charge on any atom is -0.308 e. The second-order valence-electron chi connectivity index (χ2n) is 5.89. The summed E-state index contributed by atoms with van der Waals surface area (Å²) in [5.41, 5.74) is 0.431. The van der Waals surface area contributed by atoms with Gasteiger partial charge >= 0.3 is 0 Å². The third kappa shape index (κ3) is 1.49. The standard InChI is InChI=1S/C12H22N2/c1-12(10-5-6-10)8-14(2)11(7-13-12)9-3-4-9/h9-11,13H,3-8H2,1-2H3. The number of piperazine rings is 1. The Labute approximate surface area is 87.0 Å². The average molecular weight is 194 g/mol. The number of hydrogen-bond donors (Lipinski definition) is 1. The molecular weight excluding hydrogens is 172 g/mol. The van der Waals surface area contributed by atoms with Crippen LogP contribution in [0, 0.1) is 11.8 Å². The van der Waals surface area contributed by atoms with Gasteiger partial charge in [-0.3, -0.25) is 0 Å². The molecule has 2 saturated carbocycles. The lowest BCUT2D eigenvalue weighted by Gasteiger charge is -2.45. The van der Waals surface area contributed by atoms with Gasteiger partial charge in [-0.05, 0) is 51.5 Å². The number of hydrogen-bond acceptors (Lipinski definition) is 2. The van der Waals surface area contributed by atoms with Gasteiger partial charge in [-0.25, -0.2) is 0 Å². The number of nitrogens with zero attached hydrogens (tertiary/aromatic N) is 1. The molecule has 0 aromatic heterocycles. The molecule has 1 heterocycles. The van der Waals surface area contributed by atoms with Crippen LogP contribution in [0.1, 0.15) is 32.6 Å². The second kappa shape index (κ2) is 2.96. The number of likely N-dealkylation sites (N-methyl/N-ethyl adjacent to an activating group) is 1. The maximum absolute atomic E-state index is 3.82. The van der Waals surface area contributed by atoms with Crippen LogP contribution in [0.25, 0.3) is 0 Å². The molecule has 0 bridgehead atoms. The van der Waals surface area contributed by atoms with E-state index in [-0.39, 0.29) is 0 Å². The average Bonchev–Trinajstić information content (AvgIpc) is 3.00. The van der Waals surface area contributed by atoms with Gasteiger partial charge in [0, 0.05) is 24.7 Å². The summed E-state index contributed by atoms with van der Waals surface area (Å²) >= 11 is 0. The normalized spacial score (nSPS) is 45.4. The number of nitrogens with one attached hydrogen (secondary N) is 1.